The van der Waals surface area contributed by atoms with E-state index in [9.17, 15) is 4.79 Å². The first-order chi connectivity index (χ1) is 15.3. The van der Waals surface area contributed by atoms with Crippen molar-refractivity contribution in [3.8, 4) is 11.5 Å². The Morgan fingerprint density at radius 3 is 2.25 bits per heavy atom. The van der Waals surface area contributed by atoms with Crippen LogP contribution in [0.4, 0.5) is 0 Å². The molecule has 0 amide bonds. The molecule has 0 saturated heterocycles. The highest BCUT2D eigenvalue weighted by Crippen LogP contribution is 2.25. The quantitative estimate of drug-likeness (QED) is 0.204. The van der Waals surface area contributed by atoms with Crippen LogP contribution >= 0.6 is 23.2 Å². The van der Waals surface area contributed by atoms with Gasteiger partial charge in [0.2, 0.25) is 0 Å². The highest BCUT2D eigenvalue weighted by molar-refractivity contribution is 6.32. The highest BCUT2D eigenvalue weighted by atomic mass is 35.5. The van der Waals surface area contributed by atoms with Crippen LogP contribution in [-0.2, 0) is 16.2 Å². The maximum atomic E-state index is 11.9. The average molecular weight is 473 g/mol. The molecule has 0 aliphatic heterocycles. The third kappa shape index (κ3) is 6.39. The van der Waals surface area contributed by atoms with E-state index in [1.54, 1.807) is 36.4 Å². The number of carbonyl (C=O) groups is 1. The molecule has 3 aromatic rings. The number of nitrogens with zero attached hydrogens (tertiary/aromatic N) is 1. The Labute approximate surface area is 196 Å². The van der Waals surface area contributed by atoms with Crippen molar-refractivity contribution in [1.82, 2.24) is 0 Å². The molecule has 0 atom stereocenters. The maximum Gasteiger partial charge on any atom is 0.372 e. The van der Waals surface area contributed by atoms with Gasteiger partial charge >= 0.3 is 5.97 Å². The number of oxime groups is 1. The van der Waals surface area contributed by atoms with Crippen molar-refractivity contribution < 1.29 is 19.1 Å². The summed E-state index contributed by atoms with van der Waals surface area (Å²) in [5.74, 6) is 0.526. The number of hydrogen-bond donors (Lipinski definition) is 1. The van der Waals surface area contributed by atoms with Gasteiger partial charge in [0.05, 0.1) is 0 Å². The van der Waals surface area contributed by atoms with Gasteiger partial charge in [-0.15, -0.1) is 0 Å². The summed E-state index contributed by atoms with van der Waals surface area (Å²) in [5.41, 5.74) is 9.08. The standard InChI is InChI=1S/C24H22Cl2N2O4/c1-15-11-20(12-16(2)23(15)26)31-14-22(29)32-28-24(27)17-7-9-19(10-8-17)30-13-18-5-3-4-6-21(18)25/h3-12H,13-14H2,1-2H3,(H2,27,28). The minimum absolute atomic E-state index is 0.0502. The van der Waals surface area contributed by atoms with Crippen LogP contribution in [-0.4, -0.2) is 18.4 Å². The van der Waals surface area contributed by atoms with Crippen molar-refractivity contribution in [1.29, 1.82) is 0 Å². The molecule has 0 fully saturated rings. The van der Waals surface area contributed by atoms with Gasteiger partial charge in [0.1, 0.15) is 18.1 Å². The summed E-state index contributed by atoms with van der Waals surface area (Å²) < 4.78 is 11.2. The lowest BCUT2D eigenvalue weighted by Crippen LogP contribution is -2.18. The van der Waals surface area contributed by atoms with Crippen molar-refractivity contribution in [3.63, 3.8) is 0 Å². The fraction of sp³-hybridized carbons (Fsp3) is 0.167. The van der Waals surface area contributed by atoms with E-state index >= 15 is 0 Å². The summed E-state index contributed by atoms with van der Waals surface area (Å²) in [5, 5.41) is 4.99. The summed E-state index contributed by atoms with van der Waals surface area (Å²) in [6.07, 6.45) is 0. The van der Waals surface area contributed by atoms with E-state index in [-0.39, 0.29) is 12.4 Å². The zero-order chi connectivity index (χ0) is 23.1. The van der Waals surface area contributed by atoms with E-state index in [0.717, 1.165) is 16.7 Å². The first-order valence-corrected chi connectivity index (χ1v) is 10.5. The van der Waals surface area contributed by atoms with E-state index < -0.39 is 5.97 Å². The monoisotopic (exact) mass is 472 g/mol. The van der Waals surface area contributed by atoms with Crippen molar-refractivity contribution in [2.75, 3.05) is 6.61 Å². The first-order valence-electron chi connectivity index (χ1n) is 9.73. The predicted molar refractivity (Wildman–Crippen MR) is 125 cm³/mol. The lowest BCUT2D eigenvalue weighted by molar-refractivity contribution is -0.146. The van der Waals surface area contributed by atoms with E-state index in [0.29, 0.717) is 33.7 Å². The second-order valence-electron chi connectivity index (χ2n) is 7.00. The summed E-state index contributed by atoms with van der Waals surface area (Å²) in [6.45, 7) is 3.75. The second-order valence-corrected chi connectivity index (χ2v) is 7.79. The molecule has 0 unspecified atom stereocenters. The molecule has 0 radical (unpaired) electrons. The molecule has 0 spiro atoms. The Morgan fingerprint density at radius 1 is 0.938 bits per heavy atom. The fourth-order valence-corrected chi connectivity index (χ4v) is 3.11. The Morgan fingerprint density at radius 2 is 1.59 bits per heavy atom. The van der Waals surface area contributed by atoms with Gasteiger partial charge < -0.3 is 20.0 Å². The smallest absolute Gasteiger partial charge is 0.372 e. The summed E-state index contributed by atoms with van der Waals surface area (Å²) in [4.78, 5) is 16.8. The van der Waals surface area contributed by atoms with Crippen LogP contribution in [0.1, 0.15) is 22.3 Å². The van der Waals surface area contributed by atoms with E-state index in [4.69, 9.17) is 43.2 Å². The molecule has 0 bridgehead atoms. The van der Waals surface area contributed by atoms with E-state index in [1.807, 2.05) is 38.1 Å². The lowest BCUT2D eigenvalue weighted by atomic mass is 10.1. The largest absolute Gasteiger partial charge is 0.489 e. The number of carbonyl (C=O) groups excluding carboxylic acids is 1. The number of nitrogens with two attached hydrogens (primary N) is 1. The zero-order valence-corrected chi connectivity index (χ0v) is 19.1. The Bertz CT molecular complexity index is 1110. The van der Waals surface area contributed by atoms with Crippen LogP contribution in [0.3, 0.4) is 0 Å². The van der Waals surface area contributed by atoms with Crippen molar-refractivity contribution in [2.45, 2.75) is 20.5 Å². The van der Waals surface area contributed by atoms with Crippen LogP contribution in [0.2, 0.25) is 10.0 Å². The molecule has 3 aromatic carbocycles. The molecule has 3 rings (SSSR count). The molecule has 0 heterocycles. The molecule has 0 aliphatic rings. The molecule has 166 valence electrons. The van der Waals surface area contributed by atoms with Crippen LogP contribution in [0.15, 0.2) is 65.8 Å². The fourth-order valence-electron chi connectivity index (χ4n) is 2.81. The molecule has 0 aliphatic carbocycles. The van der Waals surface area contributed by atoms with Crippen LogP contribution in [0.25, 0.3) is 0 Å². The number of hydrogen-bond acceptors (Lipinski definition) is 5. The number of halogens is 2. The van der Waals surface area contributed by atoms with Crippen LogP contribution in [0, 0.1) is 13.8 Å². The van der Waals surface area contributed by atoms with Gasteiger partial charge in [-0.3, -0.25) is 0 Å². The number of benzene rings is 3. The molecular formula is C24H22Cl2N2O4. The summed E-state index contributed by atoms with van der Waals surface area (Å²) in [6, 6.07) is 17.9. The number of amidine groups is 1. The van der Waals surface area contributed by atoms with Gasteiger partial charge in [-0.05, 0) is 67.4 Å². The molecule has 6 nitrogen and oxygen atoms in total. The van der Waals surface area contributed by atoms with Gasteiger partial charge in [0.15, 0.2) is 12.4 Å². The van der Waals surface area contributed by atoms with Crippen molar-refractivity contribution in [3.05, 3.63) is 93.0 Å². The van der Waals surface area contributed by atoms with Crippen LogP contribution < -0.4 is 15.2 Å². The molecular weight excluding hydrogens is 451 g/mol. The summed E-state index contributed by atoms with van der Waals surface area (Å²) >= 11 is 12.3. The number of ether oxygens (including phenoxy) is 2. The van der Waals surface area contributed by atoms with E-state index in [1.165, 1.54) is 0 Å². The second kappa shape index (κ2) is 10.9. The first kappa shape index (κ1) is 23.4. The lowest BCUT2D eigenvalue weighted by Gasteiger charge is -2.09. The van der Waals surface area contributed by atoms with Crippen molar-refractivity contribution >= 4 is 35.0 Å². The zero-order valence-electron chi connectivity index (χ0n) is 17.6. The number of rotatable bonds is 8. The Balaban J connectivity index is 1.50. The Kier molecular flexibility index (Phi) is 7.98. The normalized spacial score (nSPS) is 11.2. The minimum Gasteiger partial charge on any atom is -0.489 e. The molecule has 0 aromatic heterocycles. The van der Waals surface area contributed by atoms with E-state index in [2.05, 4.69) is 5.16 Å². The van der Waals surface area contributed by atoms with Gasteiger partial charge in [-0.2, -0.15) is 0 Å². The molecule has 32 heavy (non-hydrogen) atoms. The predicted octanol–water partition coefficient (Wildman–Crippen LogP) is 5.43. The molecule has 8 heteroatoms. The van der Waals surface area contributed by atoms with Gasteiger partial charge in [-0.1, -0.05) is 46.6 Å². The molecule has 2 N–H and O–H groups in total. The average Bonchev–Trinajstić information content (AvgIpc) is 2.79. The minimum atomic E-state index is -0.683. The van der Waals surface area contributed by atoms with Crippen LogP contribution in [0.5, 0.6) is 11.5 Å². The van der Waals surface area contributed by atoms with Gasteiger partial charge in [0.25, 0.3) is 0 Å². The highest BCUT2D eigenvalue weighted by Gasteiger charge is 2.09. The summed E-state index contributed by atoms with van der Waals surface area (Å²) in [7, 11) is 0. The maximum absolute atomic E-state index is 11.9. The Hall–Kier alpha value is -3.22. The topological polar surface area (TPSA) is 83.1 Å². The number of aryl methyl sites for hydroxylation is 2. The van der Waals surface area contributed by atoms with Gasteiger partial charge in [0, 0.05) is 21.2 Å². The third-order valence-electron chi connectivity index (χ3n) is 4.51. The van der Waals surface area contributed by atoms with Gasteiger partial charge in [-0.25, -0.2) is 4.79 Å². The molecule has 0 saturated carbocycles. The third-order valence-corrected chi connectivity index (χ3v) is 5.48. The SMILES string of the molecule is Cc1cc(OCC(=O)O/N=C(\N)c2ccc(OCc3ccccc3Cl)cc2)cc(C)c1Cl. The van der Waals surface area contributed by atoms with Crippen molar-refractivity contribution in [2.24, 2.45) is 10.9 Å².